The topological polar surface area (TPSA) is 12.0 Å². The van der Waals surface area contributed by atoms with Gasteiger partial charge in [0.25, 0.3) is 0 Å². The molecule has 2 heteroatoms. The molecule has 0 aliphatic carbocycles. The van der Waals surface area contributed by atoms with Gasteiger partial charge in [0, 0.05) is 0 Å². The summed E-state index contributed by atoms with van der Waals surface area (Å²) in [7, 11) is 0. The van der Waals surface area contributed by atoms with E-state index in [0.29, 0.717) is 0 Å². The van der Waals surface area contributed by atoms with Crippen LogP contribution in [0.2, 0.25) is 0 Å². The fraction of sp³-hybridized carbons (Fsp3) is 0.333. The normalized spacial score (nSPS) is 25.0. The Hall–Kier alpha value is -0.250. The zero-order chi connectivity index (χ0) is 7.68. The van der Waals surface area contributed by atoms with Gasteiger partial charge in [-0.3, -0.25) is 0 Å². The Morgan fingerprint density at radius 3 is 3.09 bits per heavy atom. The fourth-order valence-corrected chi connectivity index (χ4v) is 3.47. The van der Waals surface area contributed by atoms with Crippen molar-refractivity contribution in [1.29, 1.82) is 0 Å². The summed E-state index contributed by atoms with van der Waals surface area (Å²) in [6.45, 7) is 1.12. The molecule has 0 unspecified atom stereocenters. The van der Waals surface area contributed by atoms with Gasteiger partial charge in [0.2, 0.25) is 0 Å². The van der Waals surface area contributed by atoms with Crippen LogP contribution in [0.4, 0.5) is 0 Å². The number of hydrogen-bond donors (Lipinski definition) is 1. The van der Waals surface area contributed by atoms with Gasteiger partial charge >= 0.3 is 74.6 Å². The molecule has 0 saturated heterocycles. The van der Waals surface area contributed by atoms with Gasteiger partial charge in [-0.25, -0.2) is 0 Å². The summed E-state index contributed by atoms with van der Waals surface area (Å²) in [6, 6.07) is 0. The second-order valence-electron chi connectivity index (χ2n) is 2.76. The van der Waals surface area contributed by atoms with Crippen LogP contribution >= 0.6 is 19.8 Å². The molecule has 2 heterocycles. The van der Waals surface area contributed by atoms with Crippen molar-refractivity contribution in [3.05, 3.63) is 31.6 Å². The minimum absolute atomic E-state index is 0.796. The van der Waals surface area contributed by atoms with E-state index >= 15 is 0 Å². The van der Waals surface area contributed by atoms with E-state index in [0.717, 1.165) is 6.54 Å². The second-order valence-corrected chi connectivity index (χ2v) is 7.41. The third-order valence-corrected chi connectivity index (χ3v) is 4.93. The first-order valence-electron chi connectivity index (χ1n) is 3.77. The number of allylic oxidation sites excluding steroid dienone is 2. The van der Waals surface area contributed by atoms with Gasteiger partial charge in [0.15, 0.2) is 0 Å². The molecule has 0 aromatic rings. The zero-order valence-electron chi connectivity index (χ0n) is 6.60. The van der Waals surface area contributed by atoms with Gasteiger partial charge in [-0.2, -0.15) is 0 Å². The monoisotopic (exact) mass is 261 g/mol. The van der Waals surface area contributed by atoms with E-state index in [9.17, 15) is 0 Å². The first-order chi connectivity index (χ1) is 5.36. The number of alkyl halides is 1. The van der Waals surface area contributed by atoms with Crippen LogP contribution in [0.15, 0.2) is 31.6 Å². The van der Waals surface area contributed by atoms with Gasteiger partial charge in [0.05, 0.1) is 0 Å². The predicted octanol–water partition coefficient (Wildman–Crippen LogP) is 2.41. The minimum atomic E-state index is -0.796. The summed E-state index contributed by atoms with van der Waals surface area (Å²) in [5.74, 6) is 0. The molecule has 60 valence electrons. The van der Waals surface area contributed by atoms with Crippen molar-refractivity contribution in [2.75, 3.05) is 11.5 Å². The van der Waals surface area contributed by atoms with Crippen molar-refractivity contribution in [1.82, 2.24) is 5.32 Å². The molecular formula is C9H12IN. The molecule has 0 aromatic carbocycles. The molecule has 0 saturated carbocycles. The van der Waals surface area contributed by atoms with Gasteiger partial charge in [-0.05, 0) is 0 Å². The number of hydrogen-bond acceptors (Lipinski definition) is 1. The van der Waals surface area contributed by atoms with Crippen molar-refractivity contribution in [2.45, 2.75) is 6.42 Å². The molecule has 1 N–H and O–H groups in total. The predicted molar refractivity (Wildman–Crippen MR) is 57.9 cm³/mol. The number of nitrogens with one attached hydrogen (secondary N) is 1. The van der Waals surface area contributed by atoms with Crippen LogP contribution < -0.4 is 5.32 Å². The van der Waals surface area contributed by atoms with Crippen LogP contribution in [-0.2, 0) is 0 Å². The third-order valence-electron chi connectivity index (χ3n) is 1.95. The van der Waals surface area contributed by atoms with Gasteiger partial charge < -0.3 is 0 Å². The molecule has 0 aromatic heterocycles. The maximum absolute atomic E-state index is 3.39. The summed E-state index contributed by atoms with van der Waals surface area (Å²) in [5, 5.41) is 3.39. The summed E-state index contributed by atoms with van der Waals surface area (Å²) >= 11 is -0.796. The molecule has 0 radical (unpaired) electrons. The van der Waals surface area contributed by atoms with Crippen molar-refractivity contribution < 1.29 is 0 Å². The van der Waals surface area contributed by atoms with E-state index in [1.165, 1.54) is 17.7 Å². The molecule has 2 aliphatic heterocycles. The van der Waals surface area contributed by atoms with E-state index in [1.807, 2.05) is 0 Å². The van der Waals surface area contributed by atoms with E-state index in [2.05, 4.69) is 30.6 Å². The van der Waals surface area contributed by atoms with Crippen molar-refractivity contribution in [3.63, 3.8) is 0 Å². The first-order valence-corrected chi connectivity index (χ1v) is 8.41. The van der Waals surface area contributed by atoms with E-state index in [1.54, 1.807) is 0 Å². The molecule has 0 fully saturated rings. The van der Waals surface area contributed by atoms with Crippen LogP contribution in [0.1, 0.15) is 6.42 Å². The average Bonchev–Trinajstić information content (AvgIpc) is 2.38. The molecule has 0 bridgehead atoms. The molecule has 1 nitrogen and oxygen atoms in total. The molecule has 0 amide bonds. The third kappa shape index (κ3) is 1.50. The SMILES string of the molecule is CI1C=CC2=C(C=C1)NCC2. The molecular weight excluding hydrogens is 249 g/mol. The quantitative estimate of drug-likeness (QED) is 0.521. The van der Waals surface area contributed by atoms with Crippen molar-refractivity contribution in [2.24, 2.45) is 0 Å². The Balaban J connectivity index is 2.30. The van der Waals surface area contributed by atoms with Crippen LogP contribution in [0, 0.1) is 0 Å². The van der Waals surface area contributed by atoms with Crippen molar-refractivity contribution >= 4 is 19.8 Å². The van der Waals surface area contributed by atoms with Gasteiger partial charge in [-0.15, -0.1) is 0 Å². The van der Waals surface area contributed by atoms with Crippen LogP contribution in [0.25, 0.3) is 0 Å². The molecule has 2 aliphatic rings. The Labute approximate surface area is 74.6 Å². The Bertz CT molecular complexity index is 226. The van der Waals surface area contributed by atoms with Crippen LogP contribution in [-0.4, -0.2) is 11.5 Å². The van der Waals surface area contributed by atoms with Gasteiger partial charge in [0.1, 0.15) is 0 Å². The molecule has 2 rings (SSSR count). The Morgan fingerprint density at radius 1 is 1.36 bits per heavy atom. The summed E-state index contributed by atoms with van der Waals surface area (Å²) < 4.78 is 4.80. The summed E-state index contributed by atoms with van der Waals surface area (Å²) in [5.41, 5.74) is 2.87. The van der Waals surface area contributed by atoms with Gasteiger partial charge in [-0.1, -0.05) is 0 Å². The Morgan fingerprint density at radius 2 is 2.18 bits per heavy atom. The molecule has 0 atom stereocenters. The average molecular weight is 261 g/mol. The molecule has 0 spiro atoms. The number of halogens is 1. The van der Waals surface area contributed by atoms with Crippen molar-refractivity contribution in [3.8, 4) is 0 Å². The molecule has 11 heavy (non-hydrogen) atoms. The number of rotatable bonds is 0. The maximum atomic E-state index is 3.39. The first kappa shape index (κ1) is 7.40. The van der Waals surface area contributed by atoms with E-state index in [4.69, 9.17) is 0 Å². The van der Waals surface area contributed by atoms with Crippen LogP contribution in [0.5, 0.6) is 0 Å². The Kier molecular flexibility index (Phi) is 2.02. The second kappa shape index (κ2) is 3.01. The summed E-state index contributed by atoms with van der Waals surface area (Å²) in [4.78, 5) is 2.36. The van der Waals surface area contributed by atoms with E-state index in [-0.39, 0.29) is 0 Å². The fourth-order valence-electron chi connectivity index (χ4n) is 1.30. The zero-order valence-corrected chi connectivity index (χ0v) is 8.76. The van der Waals surface area contributed by atoms with Crippen LogP contribution in [0.3, 0.4) is 0 Å². The summed E-state index contributed by atoms with van der Waals surface area (Å²) in [6.07, 6.45) is 5.80. The standard InChI is InChI=1S/C9H12IN/c1-10-5-2-8-4-7-11-9(8)3-6-10/h2-3,5-6,11H,4,7H2,1H3. The van der Waals surface area contributed by atoms with E-state index < -0.39 is 19.8 Å².